The Morgan fingerprint density at radius 1 is 1.21 bits per heavy atom. The van der Waals surface area contributed by atoms with E-state index in [9.17, 15) is 14.4 Å². The molecule has 0 atom stereocenters. The van der Waals surface area contributed by atoms with Gasteiger partial charge in [-0.3, -0.25) is 4.79 Å². The smallest absolute Gasteiger partial charge is 0.336 e. The fourth-order valence-electron chi connectivity index (χ4n) is 2.79. The second kappa shape index (κ2) is 7.33. The molecule has 1 heterocycles. The molecule has 0 bridgehead atoms. The molecule has 1 aliphatic rings. The lowest BCUT2D eigenvalue weighted by Crippen LogP contribution is -2.45. The minimum absolute atomic E-state index is 0.0431. The van der Waals surface area contributed by atoms with Crippen LogP contribution in [-0.4, -0.2) is 60.0 Å². The van der Waals surface area contributed by atoms with Gasteiger partial charge in [-0.05, 0) is 37.5 Å². The Balaban J connectivity index is 1.96. The second-order valence-electron chi connectivity index (χ2n) is 6.26. The van der Waals surface area contributed by atoms with Crippen molar-refractivity contribution in [3.05, 3.63) is 29.3 Å². The lowest BCUT2D eigenvalue weighted by atomic mass is 9.96. The largest absolute Gasteiger partial charge is 0.478 e. The van der Waals surface area contributed by atoms with E-state index >= 15 is 0 Å². The Labute approximate surface area is 141 Å². The number of aryl methyl sites for hydroxylation is 1. The van der Waals surface area contributed by atoms with Gasteiger partial charge in [0.15, 0.2) is 0 Å². The summed E-state index contributed by atoms with van der Waals surface area (Å²) in [5.74, 6) is -1.32. The normalized spacial score (nSPS) is 15.0. The topological polar surface area (TPSA) is 90.0 Å². The van der Waals surface area contributed by atoms with Crippen LogP contribution >= 0.6 is 0 Å². The van der Waals surface area contributed by atoms with Gasteiger partial charge in [-0.15, -0.1) is 0 Å². The second-order valence-corrected chi connectivity index (χ2v) is 6.26. The molecule has 2 rings (SSSR count). The van der Waals surface area contributed by atoms with Crippen LogP contribution in [0, 0.1) is 12.8 Å². The maximum atomic E-state index is 12.4. The molecule has 3 amide bonds. The highest BCUT2D eigenvalue weighted by molar-refractivity contribution is 5.95. The molecule has 0 aliphatic carbocycles. The Kier molecular flexibility index (Phi) is 5.43. The van der Waals surface area contributed by atoms with Gasteiger partial charge < -0.3 is 20.2 Å². The predicted octanol–water partition coefficient (Wildman–Crippen LogP) is 2.03. The molecule has 1 aromatic rings. The third kappa shape index (κ3) is 4.04. The number of nitrogens with one attached hydrogen (secondary N) is 1. The molecular weight excluding hydrogens is 310 g/mol. The van der Waals surface area contributed by atoms with Crippen molar-refractivity contribution in [3.8, 4) is 0 Å². The van der Waals surface area contributed by atoms with Crippen LogP contribution in [0.2, 0.25) is 0 Å². The van der Waals surface area contributed by atoms with E-state index in [2.05, 4.69) is 5.32 Å². The first kappa shape index (κ1) is 17.8. The van der Waals surface area contributed by atoms with E-state index in [1.165, 1.54) is 11.0 Å². The van der Waals surface area contributed by atoms with E-state index in [1.807, 2.05) is 0 Å². The van der Waals surface area contributed by atoms with Crippen LogP contribution in [0.5, 0.6) is 0 Å². The average molecular weight is 333 g/mol. The third-order valence-corrected chi connectivity index (χ3v) is 4.25. The van der Waals surface area contributed by atoms with Crippen molar-refractivity contribution in [3.63, 3.8) is 0 Å². The van der Waals surface area contributed by atoms with Gasteiger partial charge in [-0.25, -0.2) is 9.59 Å². The molecular formula is C17H23N3O4. The number of carbonyl (C=O) groups is 3. The van der Waals surface area contributed by atoms with Gasteiger partial charge in [-0.1, -0.05) is 6.07 Å². The summed E-state index contributed by atoms with van der Waals surface area (Å²) in [6.07, 6.45) is 1.20. The standard InChI is InChI=1S/C17H23N3O4/c1-11-4-5-13(10-14(11)16(22)23)18-15(21)12-6-8-20(9-7-12)17(24)19(2)3/h4-5,10,12H,6-9H2,1-3H3,(H,18,21)(H,22,23). The van der Waals surface area contributed by atoms with Crippen molar-refractivity contribution in [2.45, 2.75) is 19.8 Å². The zero-order chi connectivity index (χ0) is 17.9. The van der Waals surface area contributed by atoms with E-state index in [0.717, 1.165) is 0 Å². The van der Waals surface area contributed by atoms with Crippen LogP contribution in [-0.2, 0) is 4.79 Å². The maximum absolute atomic E-state index is 12.4. The van der Waals surface area contributed by atoms with Crippen LogP contribution < -0.4 is 5.32 Å². The number of urea groups is 1. The summed E-state index contributed by atoms with van der Waals surface area (Å²) in [6, 6.07) is 4.81. The van der Waals surface area contributed by atoms with E-state index in [0.29, 0.717) is 37.2 Å². The molecule has 7 heteroatoms. The number of benzene rings is 1. The summed E-state index contributed by atoms with van der Waals surface area (Å²) < 4.78 is 0. The number of carbonyl (C=O) groups excluding carboxylic acids is 2. The Bertz CT molecular complexity index is 649. The van der Waals surface area contributed by atoms with Gasteiger partial charge in [0.2, 0.25) is 5.91 Å². The highest BCUT2D eigenvalue weighted by Gasteiger charge is 2.28. The highest BCUT2D eigenvalue weighted by atomic mass is 16.4. The summed E-state index contributed by atoms with van der Waals surface area (Å²) in [4.78, 5) is 38.7. The molecule has 0 unspecified atom stereocenters. The minimum atomic E-state index is -1.01. The number of carboxylic acids is 1. The number of rotatable bonds is 3. The number of carboxylic acid groups (broad SMARTS) is 1. The average Bonchev–Trinajstić information content (AvgIpc) is 2.55. The van der Waals surface area contributed by atoms with Gasteiger partial charge in [0.05, 0.1) is 5.56 Å². The monoisotopic (exact) mass is 333 g/mol. The number of nitrogens with zero attached hydrogens (tertiary/aromatic N) is 2. The van der Waals surface area contributed by atoms with E-state index < -0.39 is 5.97 Å². The molecule has 1 aliphatic heterocycles. The summed E-state index contributed by atoms with van der Waals surface area (Å²) in [5, 5.41) is 11.9. The first-order valence-corrected chi connectivity index (χ1v) is 7.90. The molecule has 1 aromatic carbocycles. The number of likely N-dealkylation sites (tertiary alicyclic amines) is 1. The molecule has 0 radical (unpaired) electrons. The molecule has 0 aromatic heterocycles. The van der Waals surface area contributed by atoms with Crippen molar-refractivity contribution in [2.24, 2.45) is 5.92 Å². The molecule has 7 nitrogen and oxygen atoms in total. The van der Waals surface area contributed by atoms with Crippen molar-refractivity contribution >= 4 is 23.6 Å². The van der Waals surface area contributed by atoms with Crippen LogP contribution in [0.4, 0.5) is 10.5 Å². The lowest BCUT2D eigenvalue weighted by molar-refractivity contribution is -0.121. The van der Waals surface area contributed by atoms with Gasteiger partial charge in [0.1, 0.15) is 0 Å². The molecule has 24 heavy (non-hydrogen) atoms. The van der Waals surface area contributed by atoms with Crippen molar-refractivity contribution in [1.29, 1.82) is 0 Å². The zero-order valence-corrected chi connectivity index (χ0v) is 14.2. The first-order chi connectivity index (χ1) is 11.3. The van der Waals surface area contributed by atoms with Gasteiger partial charge in [-0.2, -0.15) is 0 Å². The van der Waals surface area contributed by atoms with Crippen LogP contribution in [0.25, 0.3) is 0 Å². The van der Waals surface area contributed by atoms with Crippen LogP contribution in [0.1, 0.15) is 28.8 Å². The summed E-state index contributed by atoms with van der Waals surface area (Å²) in [5.41, 5.74) is 1.31. The molecule has 2 N–H and O–H groups in total. The maximum Gasteiger partial charge on any atom is 0.336 e. The summed E-state index contributed by atoms with van der Waals surface area (Å²) in [6.45, 7) is 2.80. The van der Waals surface area contributed by atoms with Gasteiger partial charge in [0.25, 0.3) is 0 Å². The Morgan fingerprint density at radius 2 is 1.83 bits per heavy atom. The number of hydrogen-bond donors (Lipinski definition) is 2. The Hall–Kier alpha value is -2.57. The number of hydrogen-bond acceptors (Lipinski definition) is 3. The molecule has 1 fully saturated rings. The van der Waals surface area contributed by atoms with Gasteiger partial charge in [0, 0.05) is 38.8 Å². The first-order valence-electron chi connectivity index (χ1n) is 7.90. The lowest BCUT2D eigenvalue weighted by Gasteiger charge is -2.33. The van der Waals surface area contributed by atoms with E-state index in [4.69, 9.17) is 5.11 Å². The van der Waals surface area contributed by atoms with Crippen molar-refractivity contribution in [2.75, 3.05) is 32.5 Å². The van der Waals surface area contributed by atoms with E-state index in [-0.39, 0.29) is 23.4 Å². The van der Waals surface area contributed by atoms with Gasteiger partial charge >= 0.3 is 12.0 Å². The fraction of sp³-hybridized carbons (Fsp3) is 0.471. The highest BCUT2D eigenvalue weighted by Crippen LogP contribution is 2.21. The predicted molar refractivity (Wildman–Crippen MR) is 90.1 cm³/mol. The van der Waals surface area contributed by atoms with Crippen molar-refractivity contribution < 1.29 is 19.5 Å². The summed E-state index contributed by atoms with van der Waals surface area (Å²) >= 11 is 0. The van der Waals surface area contributed by atoms with Crippen molar-refractivity contribution in [1.82, 2.24) is 9.80 Å². The molecule has 0 spiro atoms. The number of aromatic carboxylic acids is 1. The number of piperidine rings is 1. The summed E-state index contributed by atoms with van der Waals surface area (Å²) in [7, 11) is 3.41. The van der Waals surface area contributed by atoms with Crippen LogP contribution in [0.15, 0.2) is 18.2 Å². The van der Waals surface area contributed by atoms with Crippen LogP contribution in [0.3, 0.4) is 0 Å². The number of anilines is 1. The SMILES string of the molecule is Cc1ccc(NC(=O)C2CCN(C(=O)N(C)C)CC2)cc1C(=O)O. The quantitative estimate of drug-likeness (QED) is 0.885. The molecule has 0 saturated carbocycles. The Morgan fingerprint density at radius 3 is 2.38 bits per heavy atom. The minimum Gasteiger partial charge on any atom is -0.478 e. The molecule has 1 saturated heterocycles. The van der Waals surface area contributed by atoms with E-state index in [1.54, 1.807) is 38.1 Å². The third-order valence-electron chi connectivity index (χ3n) is 4.25. The zero-order valence-electron chi connectivity index (χ0n) is 14.2. The number of amides is 3. The fourth-order valence-corrected chi connectivity index (χ4v) is 2.79. The molecule has 130 valence electrons.